The third-order valence-corrected chi connectivity index (χ3v) is 4.34. The molecule has 1 fully saturated rings. The molecule has 0 bridgehead atoms. The van der Waals surface area contributed by atoms with Crippen LogP contribution in [0.4, 0.5) is 0 Å². The summed E-state index contributed by atoms with van der Waals surface area (Å²) in [4.78, 5) is 26.6. The third kappa shape index (κ3) is 3.48. The topological polar surface area (TPSA) is 49.4 Å². The predicted molar refractivity (Wildman–Crippen MR) is 76.8 cm³/mol. The lowest BCUT2D eigenvalue weighted by Gasteiger charge is -2.36. The van der Waals surface area contributed by atoms with E-state index < -0.39 is 5.54 Å². The van der Waals surface area contributed by atoms with Gasteiger partial charge in [0.15, 0.2) is 0 Å². The van der Waals surface area contributed by atoms with Crippen molar-refractivity contribution >= 4 is 11.8 Å². The number of amides is 2. The minimum absolute atomic E-state index is 0.00208. The summed E-state index contributed by atoms with van der Waals surface area (Å²) in [6.07, 6.45) is 5.01. The van der Waals surface area contributed by atoms with E-state index in [1.165, 1.54) is 0 Å². The van der Waals surface area contributed by atoms with Crippen LogP contribution in [0.25, 0.3) is 0 Å². The first-order valence-electron chi connectivity index (χ1n) is 7.62. The van der Waals surface area contributed by atoms with Crippen molar-refractivity contribution in [3.63, 3.8) is 0 Å². The molecule has 0 aromatic rings. The smallest absolute Gasteiger partial charge is 0.248 e. The molecule has 19 heavy (non-hydrogen) atoms. The monoisotopic (exact) mass is 268 g/mol. The zero-order valence-corrected chi connectivity index (χ0v) is 12.8. The molecule has 1 aliphatic rings. The number of hydrogen-bond donors (Lipinski definition) is 1. The summed E-state index contributed by atoms with van der Waals surface area (Å²) in [7, 11) is 0. The van der Waals surface area contributed by atoms with Gasteiger partial charge in [0.05, 0.1) is 0 Å². The van der Waals surface area contributed by atoms with E-state index in [1.807, 2.05) is 18.7 Å². The van der Waals surface area contributed by atoms with Gasteiger partial charge in [0.2, 0.25) is 11.8 Å². The molecule has 1 rings (SSSR count). The maximum atomic E-state index is 12.8. The molecular weight excluding hydrogens is 240 g/mol. The van der Waals surface area contributed by atoms with Gasteiger partial charge >= 0.3 is 0 Å². The highest BCUT2D eigenvalue weighted by atomic mass is 16.2. The van der Waals surface area contributed by atoms with E-state index in [2.05, 4.69) is 19.2 Å². The average molecular weight is 268 g/mol. The standard InChI is InChI=1S/C15H28N2O2/c1-5-8-9-12(4)17-11-10-13(18)16-15(6-2,7-3)14(17)19/h12H,5-11H2,1-4H3,(H,16,18). The number of nitrogens with one attached hydrogen (secondary N) is 1. The van der Waals surface area contributed by atoms with Crippen LogP contribution in [0.3, 0.4) is 0 Å². The summed E-state index contributed by atoms with van der Waals surface area (Å²) in [6.45, 7) is 8.75. The van der Waals surface area contributed by atoms with Gasteiger partial charge in [-0.05, 0) is 26.2 Å². The molecule has 1 aliphatic heterocycles. The number of carbonyl (C=O) groups is 2. The SMILES string of the molecule is CCCCC(C)N1CCC(=O)NC(CC)(CC)C1=O. The Hall–Kier alpha value is -1.06. The quantitative estimate of drug-likeness (QED) is 0.804. The van der Waals surface area contributed by atoms with Gasteiger partial charge in [0, 0.05) is 19.0 Å². The zero-order chi connectivity index (χ0) is 14.5. The largest absolute Gasteiger partial charge is 0.342 e. The van der Waals surface area contributed by atoms with Crippen LogP contribution in [-0.4, -0.2) is 34.8 Å². The molecule has 0 saturated carbocycles. The predicted octanol–water partition coefficient (Wildman–Crippen LogP) is 2.47. The molecule has 2 amide bonds. The highest BCUT2D eigenvalue weighted by Crippen LogP contribution is 2.24. The summed E-state index contributed by atoms with van der Waals surface area (Å²) in [6, 6.07) is 0.220. The van der Waals surface area contributed by atoms with Crippen molar-refractivity contribution in [1.82, 2.24) is 10.2 Å². The lowest BCUT2D eigenvalue weighted by Crippen LogP contribution is -2.57. The van der Waals surface area contributed by atoms with Gasteiger partial charge in [-0.25, -0.2) is 0 Å². The Morgan fingerprint density at radius 3 is 2.42 bits per heavy atom. The van der Waals surface area contributed by atoms with Crippen LogP contribution in [0.1, 0.15) is 66.2 Å². The molecule has 1 heterocycles. The summed E-state index contributed by atoms with van der Waals surface area (Å²) >= 11 is 0. The number of hydrogen-bond acceptors (Lipinski definition) is 2. The molecule has 0 aliphatic carbocycles. The fraction of sp³-hybridized carbons (Fsp3) is 0.867. The van der Waals surface area contributed by atoms with Gasteiger partial charge in [0.25, 0.3) is 0 Å². The first kappa shape index (κ1) is 16.0. The maximum Gasteiger partial charge on any atom is 0.248 e. The van der Waals surface area contributed by atoms with E-state index in [0.717, 1.165) is 19.3 Å². The Bertz CT molecular complexity index is 324. The van der Waals surface area contributed by atoms with Crippen molar-refractivity contribution < 1.29 is 9.59 Å². The fourth-order valence-electron chi connectivity index (χ4n) is 2.79. The van der Waals surface area contributed by atoms with Crippen LogP contribution >= 0.6 is 0 Å². The molecular formula is C15H28N2O2. The van der Waals surface area contributed by atoms with Crippen LogP contribution in [0, 0.1) is 0 Å². The minimum atomic E-state index is -0.686. The van der Waals surface area contributed by atoms with Crippen LogP contribution < -0.4 is 5.32 Å². The van der Waals surface area contributed by atoms with Crippen molar-refractivity contribution in [3.8, 4) is 0 Å². The van der Waals surface area contributed by atoms with E-state index in [-0.39, 0.29) is 17.9 Å². The molecule has 0 spiro atoms. The van der Waals surface area contributed by atoms with Gasteiger partial charge in [-0.2, -0.15) is 0 Å². The average Bonchev–Trinajstić information content (AvgIpc) is 2.54. The number of unbranched alkanes of at least 4 members (excludes halogenated alkanes) is 1. The molecule has 1 N–H and O–H groups in total. The Balaban J connectivity index is 2.92. The van der Waals surface area contributed by atoms with Crippen molar-refractivity contribution in [3.05, 3.63) is 0 Å². The van der Waals surface area contributed by atoms with Crippen LogP contribution in [0.15, 0.2) is 0 Å². The first-order valence-corrected chi connectivity index (χ1v) is 7.62. The molecule has 4 heteroatoms. The van der Waals surface area contributed by atoms with Gasteiger partial charge < -0.3 is 10.2 Å². The maximum absolute atomic E-state index is 12.8. The lowest BCUT2D eigenvalue weighted by atomic mass is 9.90. The van der Waals surface area contributed by atoms with Crippen molar-refractivity contribution in [1.29, 1.82) is 0 Å². The molecule has 4 nitrogen and oxygen atoms in total. The highest BCUT2D eigenvalue weighted by Gasteiger charge is 2.42. The highest BCUT2D eigenvalue weighted by molar-refractivity contribution is 5.93. The third-order valence-electron chi connectivity index (χ3n) is 4.34. The summed E-state index contributed by atoms with van der Waals surface area (Å²) in [5.41, 5.74) is -0.686. The van der Waals surface area contributed by atoms with E-state index in [4.69, 9.17) is 0 Å². The second-order valence-corrected chi connectivity index (χ2v) is 5.58. The van der Waals surface area contributed by atoms with Crippen molar-refractivity contribution in [2.45, 2.75) is 77.8 Å². The normalized spacial score (nSPS) is 20.9. The van der Waals surface area contributed by atoms with E-state index in [0.29, 0.717) is 25.8 Å². The number of nitrogens with zero attached hydrogens (tertiary/aromatic N) is 1. The van der Waals surface area contributed by atoms with Gasteiger partial charge in [-0.1, -0.05) is 33.6 Å². The molecule has 0 radical (unpaired) electrons. The van der Waals surface area contributed by atoms with E-state index in [1.54, 1.807) is 0 Å². The van der Waals surface area contributed by atoms with E-state index in [9.17, 15) is 9.59 Å². The second-order valence-electron chi connectivity index (χ2n) is 5.58. The summed E-state index contributed by atoms with van der Waals surface area (Å²) in [5, 5.41) is 2.95. The molecule has 0 aromatic heterocycles. The Morgan fingerprint density at radius 2 is 1.89 bits per heavy atom. The summed E-state index contributed by atoms with van der Waals surface area (Å²) < 4.78 is 0. The molecule has 0 aromatic carbocycles. The zero-order valence-electron chi connectivity index (χ0n) is 12.8. The minimum Gasteiger partial charge on any atom is -0.342 e. The molecule has 1 atom stereocenters. The lowest BCUT2D eigenvalue weighted by molar-refractivity contribution is -0.141. The Kier molecular flexibility index (Phi) is 5.83. The van der Waals surface area contributed by atoms with Crippen LogP contribution in [0.5, 0.6) is 0 Å². The van der Waals surface area contributed by atoms with Gasteiger partial charge in [-0.3, -0.25) is 9.59 Å². The fourth-order valence-corrected chi connectivity index (χ4v) is 2.79. The molecule has 1 unspecified atom stereocenters. The van der Waals surface area contributed by atoms with E-state index >= 15 is 0 Å². The Labute approximate surface area is 116 Å². The number of rotatable bonds is 6. The van der Waals surface area contributed by atoms with Crippen LogP contribution in [0.2, 0.25) is 0 Å². The molecule has 110 valence electrons. The van der Waals surface area contributed by atoms with Crippen LogP contribution in [-0.2, 0) is 9.59 Å². The Morgan fingerprint density at radius 1 is 1.26 bits per heavy atom. The van der Waals surface area contributed by atoms with Gasteiger partial charge in [-0.15, -0.1) is 0 Å². The second kappa shape index (κ2) is 6.92. The number of carbonyl (C=O) groups excluding carboxylic acids is 2. The van der Waals surface area contributed by atoms with Gasteiger partial charge in [0.1, 0.15) is 5.54 Å². The molecule has 1 saturated heterocycles. The van der Waals surface area contributed by atoms with Crippen molar-refractivity contribution in [2.75, 3.05) is 6.54 Å². The summed E-state index contributed by atoms with van der Waals surface area (Å²) in [5.74, 6) is 0.106. The van der Waals surface area contributed by atoms with Crippen molar-refractivity contribution in [2.24, 2.45) is 0 Å². The first-order chi connectivity index (χ1) is 9.00.